The first-order chi connectivity index (χ1) is 12.7. The summed E-state index contributed by atoms with van der Waals surface area (Å²) in [7, 11) is 0. The third-order valence-electron chi connectivity index (χ3n) is 4.64. The predicted octanol–water partition coefficient (Wildman–Crippen LogP) is 3.59. The summed E-state index contributed by atoms with van der Waals surface area (Å²) in [6, 6.07) is 18.7. The van der Waals surface area contributed by atoms with Crippen molar-refractivity contribution in [2.24, 2.45) is 0 Å². The van der Waals surface area contributed by atoms with Crippen molar-refractivity contribution >= 4 is 27.7 Å². The third-order valence-corrected chi connectivity index (χ3v) is 4.64. The molecule has 0 unspecified atom stereocenters. The van der Waals surface area contributed by atoms with E-state index in [9.17, 15) is 4.79 Å². The van der Waals surface area contributed by atoms with E-state index in [0.717, 1.165) is 28.4 Å². The Morgan fingerprint density at radius 1 is 1.08 bits per heavy atom. The highest BCUT2D eigenvalue weighted by Crippen LogP contribution is 2.29. The van der Waals surface area contributed by atoms with Crippen LogP contribution in [0.25, 0.3) is 21.8 Å². The third kappa shape index (κ3) is 2.93. The van der Waals surface area contributed by atoms with Gasteiger partial charge in [-0.15, -0.1) is 0 Å². The number of hydrogen-bond acceptors (Lipinski definition) is 3. The van der Waals surface area contributed by atoms with Gasteiger partial charge in [-0.3, -0.25) is 15.0 Å². The number of aryl methyl sites for hydroxylation is 1. The molecule has 0 aliphatic heterocycles. The highest BCUT2D eigenvalue weighted by atomic mass is 16.5. The molecule has 2 aromatic carbocycles. The standard InChI is InChI=1S/C21H19N3O2/c1-14-6-8-15(9-7-14)13-24-19-5-3-2-4-17(19)18-10-16(11-21(25)23-26)22-12-20(18)24/h2-10,12,26H,11,13H2,1H3,(H,23,25). The van der Waals surface area contributed by atoms with E-state index in [0.29, 0.717) is 5.69 Å². The molecule has 26 heavy (non-hydrogen) atoms. The molecule has 0 saturated carbocycles. The Labute approximate surface area is 150 Å². The van der Waals surface area contributed by atoms with Gasteiger partial charge in [0.05, 0.1) is 23.8 Å². The minimum absolute atomic E-state index is 0.0455. The molecule has 2 N–H and O–H groups in total. The van der Waals surface area contributed by atoms with Gasteiger partial charge in [0.1, 0.15) is 0 Å². The van der Waals surface area contributed by atoms with Gasteiger partial charge in [-0.05, 0) is 24.6 Å². The van der Waals surface area contributed by atoms with Crippen LogP contribution in [0.2, 0.25) is 0 Å². The fourth-order valence-corrected chi connectivity index (χ4v) is 3.34. The predicted molar refractivity (Wildman–Crippen MR) is 101 cm³/mol. The monoisotopic (exact) mass is 345 g/mol. The molecule has 5 nitrogen and oxygen atoms in total. The number of benzene rings is 2. The molecule has 0 aliphatic rings. The minimum Gasteiger partial charge on any atom is -0.335 e. The molecule has 0 radical (unpaired) electrons. The Hall–Kier alpha value is -3.18. The molecule has 0 atom stereocenters. The normalized spacial score (nSPS) is 11.2. The Kier molecular flexibility index (Phi) is 4.14. The van der Waals surface area contributed by atoms with Crippen LogP contribution in [0.1, 0.15) is 16.8 Å². The smallest absolute Gasteiger partial charge is 0.249 e. The van der Waals surface area contributed by atoms with Crippen molar-refractivity contribution in [3.8, 4) is 0 Å². The number of pyridine rings is 1. The largest absolute Gasteiger partial charge is 0.335 e. The number of carbonyl (C=O) groups is 1. The van der Waals surface area contributed by atoms with Crippen LogP contribution in [-0.4, -0.2) is 20.7 Å². The number of aromatic nitrogens is 2. The van der Waals surface area contributed by atoms with Crippen molar-refractivity contribution < 1.29 is 10.0 Å². The van der Waals surface area contributed by atoms with Gasteiger partial charge in [0.25, 0.3) is 0 Å². The lowest BCUT2D eigenvalue weighted by atomic mass is 10.1. The molecule has 4 rings (SSSR count). The zero-order valence-corrected chi connectivity index (χ0v) is 14.4. The summed E-state index contributed by atoms with van der Waals surface area (Å²) in [5, 5.41) is 10.9. The molecule has 0 bridgehead atoms. The van der Waals surface area contributed by atoms with Crippen LogP contribution in [0.3, 0.4) is 0 Å². The molecule has 2 heterocycles. The maximum absolute atomic E-state index is 11.4. The zero-order valence-electron chi connectivity index (χ0n) is 14.4. The topological polar surface area (TPSA) is 67.2 Å². The van der Waals surface area contributed by atoms with Crippen molar-refractivity contribution in [2.75, 3.05) is 0 Å². The lowest BCUT2D eigenvalue weighted by Gasteiger charge is -2.08. The van der Waals surface area contributed by atoms with Crippen LogP contribution < -0.4 is 5.48 Å². The van der Waals surface area contributed by atoms with Crippen LogP contribution in [0, 0.1) is 6.92 Å². The second kappa shape index (κ2) is 6.61. The molecule has 0 aliphatic carbocycles. The maximum Gasteiger partial charge on any atom is 0.249 e. The highest BCUT2D eigenvalue weighted by Gasteiger charge is 2.13. The van der Waals surface area contributed by atoms with E-state index in [1.165, 1.54) is 11.1 Å². The number of nitrogens with zero attached hydrogens (tertiary/aromatic N) is 2. The van der Waals surface area contributed by atoms with Gasteiger partial charge in [0.2, 0.25) is 5.91 Å². The molecular weight excluding hydrogens is 326 g/mol. The number of rotatable bonds is 4. The number of nitrogens with one attached hydrogen (secondary N) is 1. The van der Waals surface area contributed by atoms with Crippen LogP contribution in [0.4, 0.5) is 0 Å². The maximum atomic E-state index is 11.4. The molecule has 0 fully saturated rings. The molecule has 4 aromatic rings. The van der Waals surface area contributed by atoms with Crippen molar-refractivity contribution in [1.82, 2.24) is 15.0 Å². The summed E-state index contributed by atoms with van der Waals surface area (Å²) in [5.74, 6) is -0.472. The van der Waals surface area contributed by atoms with Crippen molar-refractivity contribution in [1.29, 1.82) is 0 Å². The van der Waals surface area contributed by atoms with E-state index in [1.54, 1.807) is 5.48 Å². The lowest BCUT2D eigenvalue weighted by Crippen LogP contribution is -2.21. The van der Waals surface area contributed by atoms with Gasteiger partial charge in [-0.2, -0.15) is 0 Å². The van der Waals surface area contributed by atoms with Gasteiger partial charge in [0.15, 0.2) is 0 Å². The van der Waals surface area contributed by atoms with Crippen LogP contribution in [-0.2, 0) is 17.8 Å². The number of fused-ring (bicyclic) bond motifs is 3. The summed E-state index contributed by atoms with van der Waals surface area (Å²) < 4.78 is 2.25. The highest BCUT2D eigenvalue weighted by molar-refractivity contribution is 6.08. The van der Waals surface area contributed by atoms with Crippen molar-refractivity contribution in [3.63, 3.8) is 0 Å². The number of para-hydroxylation sites is 1. The summed E-state index contributed by atoms with van der Waals surface area (Å²) in [6.45, 7) is 2.83. The fraction of sp³-hybridized carbons (Fsp3) is 0.143. The molecular formula is C21H19N3O2. The van der Waals surface area contributed by atoms with Crippen LogP contribution >= 0.6 is 0 Å². The molecule has 130 valence electrons. The van der Waals surface area contributed by atoms with E-state index in [1.807, 2.05) is 24.4 Å². The van der Waals surface area contributed by atoms with Crippen molar-refractivity contribution in [2.45, 2.75) is 19.9 Å². The molecule has 2 aromatic heterocycles. The van der Waals surface area contributed by atoms with E-state index >= 15 is 0 Å². The van der Waals surface area contributed by atoms with Gasteiger partial charge in [-0.1, -0.05) is 48.0 Å². The summed E-state index contributed by atoms with van der Waals surface area (Å²) in [6.07, 6.45) is 1.85. The number of carbonyl (C=O) groups excluding carboxylic acids is 1. The average Bonchev–Trinajstić information content (AvgIpc) is 2.97. The number of hydrogen-bond donors (Lipinski definition) is 2. The summed E-state index contributed by atoms with van der Waals surface area (Å²) >= 11 is 0. The zero-order chi connectivity index (χ0) is 18.1. The van der Waals surface area contributed by atoms with Crippen LogP contribution in [0.5, 0.6) is 0 Å². The Morgan fingerprint density at radius 2 is 1.85 bits per heavy atom. The van der Waals surface area contributed by atoms with Gasteiger partial charge >= 0.3 is 0 Å². The molecule has 0 spiro atoms. The van der Waals surface area contributed by atoms with Gasteiger partial charge < -0.3 is 4.57 Å². The van der Waals surface area contributed by atoms with Gasteiger partial charge in [-0.25, -0.2) is 5.48 Å². The fourth-order valence-electron chi connectivity index (χ4n) is 3.34. The first kappa shape index (κ1) is 16.3. The molecule has 1 amide bonds. The van der Waals surface area contributed by atoms with E-state index in [-0.39, 0.29) is 6.42 Å². The molecule has 0 saturated heterocycles. The Balaban J connectivity index is 1.85. The Bertz CT molecular complexity index is 1100. The average molecular weight is 345 g/mol. The second-order valence-corrected chi connectivity index (χ2v) is 6.49. The van der Waals surface area contributed by atoms with Crippen LogP contribution in [0.15, 0.2) is 60.8 Å². The summed E-state index contributed by atoms with van der Waals surface area (Å²) in [5.41, 5.74) is 6.91. The number of hydroxylamine groups is 1. The van der Waals surface area contributed by atoms with E-state index in [4.69, 9.17) is 5.21 Å². The number of amides is 1. The lowest BCUT2D eigenvalue weighted by molar-refractivity contribution is -0.128. The quantitative estimate of drug-likeness (QED) is 0.439. The SMILES string of the molecule is Cc1ccc(Cn2c3ccccc3c3cc(CC(=O)NO)ncc32)cc1. The first-order valence-corrected chi connectivity index (χ1v) is 8.50. The van der Waals surface area contributed by atoms with E-state index in [2.05, 4.69) is 52.9 Å². The minimum atomic E-state index is -0.472. The molecule has 5 heteroatoms. The van der Waals surface area contributed by atoms with Gasteiger partial charge in [0, 0.05) is 22.8 Å². The second-order valence-electron chi connectivity index (χ2n) is 6.49. The Morgan fingerprint density at radius 3 is 2.62 bits per heavy atom. The summed E-state index contributed by atoms with van der Waals surface area (Å²) in [4.78, 5) is 15.9. The van der Waals surface area contributed by atoms with Crippen molar-refractivity contribution in [3.05, 3.63) is 77.6 Å². The first-order valence-electron chi connectivity index (χ1n) is 8.50. The van der Waals surface area contributed by atoms with E-state index < -0.39 is 5.91 Å².